The number of aryl methyl sites for hydroxylation is 2. The monoisotopic (exact) mass is 353 g/mol. The molecule has 0 aliphatic rings. The van der Waals surface area contributed by atoms with Gasteiger partial charge in [-0.05, 0) is 26.0 Å². The minimum Gasteiger partial charge on any atom is -0.279 e. The molecule has 0 amide bonds. The quantitative estimate of drug-likeness (QED) is 0.406. The maximum absolute atomic E-state index is 12.5. The molecular formula is C16H15N7O3. The van der Waals surface area contributed by atoms with Crippen LogP contribution in [-0.2, 0) is 13.6 Å². The number of nitrogens with zero attached hydrogens (tertiary/aromatic N) is 7. The first kappa shape index (κ1) is 15.9. The minimum atomic E-state index is -0.435. The Morgan fingerprint density at radius 3 is 2.62 bits per heavy atom. The summed E-state index contributed by atoms with van der Waals surface area (Å²) in [6, 6.07) is 7.19. The molecule has 4 rings (SSSR count). The number of aromatic nitrogens is 6. The predicted molar refractivity (Wildman–Crippen MR) is 93.2 cm³/mol. The van der Waals surface area contributed by atoms with Crippen molar-refractivity contribution in [2.24, 2.45) is 7.05 Å². The Morgan fingerprint density at radius 2 is 1.92 bits per heavy atom. The Kier molecular flexibility index (Phi) is 3.36. The SMILES string of the molecule is Cc1nn(Cc2nnc3n(C)c(=O)c4ccccc4n23)c(C)c1[N+](=O)[O-]. The fourth-order valence-corrected chi connectivity index (χ4v) is 3.23. The first-order valence-corrected chi connectivity index (χ1v) is 7.90. The first-order valence-electron chi connectivity index (χ1n) is 7.90. The fraction of sp³-hybridized carbons (Fsp3) is 0.250. The van der Waals surface area contributed by atoms with Crippen LogP contribution in [0.25, 0.3) is 16.7 Å². The van der Waals surface area contributed by atoms with Crippen LogP contribution in [0, 0.1) is 24.0 Å². The van der Waals surface area contributed by atoms with Gasteiger partial charge < -0.3 is 0 Å². The highest BCUT2D eigenvalue weighted by Gasteiger charge is 2.23. The van der Waals surface area contributed by atoms with Crippen LogP contribution in [0.15, 0.2) is 29.1 Å². The molecule has 0 radical (unpaired) electrons. The number of fused-ring (bicyclic) bond motifs is 3. The molecule has 0 bridgehead atoms. The van der Waals surface area contributed by atoms with E-state index in [0.717, 1.165) is 0 Å². The highest BCUT2D eigenvalue weighted by atomic mass is 16.6. The smallest absolute Gasteiger partial charge is 0.279 e. The summed E-state index contributed by atoms with van der Waals surface area (Å²) in [4.78, 5) is 23.2. The Hall–Kier alpha value is -3.56. The summed E-state index contributed by atoms with van der Waals surface area (Å²) < 4.78 is 4.74. The van der Waals surface area contributed by atoms with Crippen LogP contribution in [0.5, 0.6) is 0 Å². The molecule has 1 aromatic carbocycles. The summed E-state index contributed by atoms with van der Waals surface area (Å²) in [6.07, 6.45) is 0. The zero-order chi connectivity index (χ0) is 18.6. The Balaban J connectivity index is 1.96. The van der Waals surface area contributed by atoms with Gasteiger partial charge >= 0.3 is 5.69 Å². The zero-order valence-corrected chi connectivity index (χ0v) is 14.4. The summed E-state index contributed by atoms with van der Waals surface area (Å²) in [5.41, 5.74) is 1.31. The summed E-state index contributed by atoms with van der Waals surface area (Å²) in [6.45, 7) is 3.45. The van der Waals surface area contributed by atoms with Gasteiger partial charge in [0.2, 0.25) is 5.78 Å². The van der Waals surface area contributed by atoms with Gasteiger partial charge in [-0.15, -0.1) is 10.2 Å². The minimum absolute atomic E-state index is 0.00363. The molecule has 0 saturated heterocycles. The second-order valence-corrected chi connectivity index (χ2v) is 6.07. The van der Waals surface area contributed by atoms with E-state index in [-0.39, 0.29) is 17.8 Å². The van der Waals surface area contributed by atoms with Gasteiger partial charge in [-0.25, -0.2) is 0 Å². The van der Waals surface area contributed by atoms with E-state index in [0.29, 0.717) is 33.9 Å². The maximum atomic E-state index is 12.5. The molecule has 3 aromatic heterocycles. The second-order valence-electron chi connectivity index (χ2n) is 6.07. The molecule has 4 aromatic rings. The van der Waals surface area contributed by atoms with E-state index >= 15 is 0 Å². The van der Waals surface area contributed by atoms with Gasteiger partial charge in [0.1, 0.15) is 17.9 Å². The average molecular weight is 353 g/mol. The van der Waals surface area contributed by atoms with Crippen LogP contribution < -0.4 is 5.56 Å². The molecule has 0 N–H and O–H groups in total. The number of rotatable bonds is 3. The van der Waals surface area contributed by atoms with Crippen molar-refractivity contribution in [1.29, 1.82) is 0 Å². The highest BCUT2D eigenvalue weighted by Crippen LogP contribution is 2.23. The fourth-order valence-electron chi connectivity index (χ4n) is 3.23. The Labute approximate surface area is 146 Å². The van der Waals surface area contributed by atoms with Crippen LogP contribution in [0.3, 0.4) is 0 Å². The molecule has 0 unspecified atom stereocenters. The summed E-state index contributed by atoms with van der Waals surface area (Å²) in [5.74, 6) is 0.937. The van der Waals surface area contributed by atoms with Crippen molar-refractivity contribution in [2.45, 2.75) is 20.4 Å². The van der Waals surface area contributed by atoms with Crippen LogP contribution in [0.1, 0.15) is 17.2 Å². The largest absolute Gasteiger partial charge is 0.312 e. The third-order valence-corrected chi connectivity index (χ3v) is 4.51. The lowest BCUT2D eigenvalue weighted by atomic mass is 10.2. The molecular weight excluding hydrogens is 338 g/mol. The first-order chi connectivity index (χ1) is 12.4. The van der Waals surface area contributed by atoms with Crippen molar-refractivity contribution in [2.75, 3.05) is 0 Å². The number of hydrogen-bond acceptors (Lipinski definition) is 6. The molecule has 0 saturated carbocycles. The van der Waals surface area contributed by atoms with Crippen molar-refractivity contribution >= 4 is 22.4 Å². The normalized spacial score (nSPS) is 11.5. The van der Waals surface area contributed by atoms with E-state index < -0.39 is 4.92 Å². The molecule has 26 heavy (non-hydrogen) atoms. The molecule has 10 nitrogen and oxygen atoms in total. The van der Waals surface area contributed by atoms with Crippen molar-refractivity contribution in [3.63, 3.8) is 0 Å². The van der Waals surface area contributed by atoms with E-state index in [1.54, 1.807) is 37.4 Å². The molecule has 0 atom stereocenters. The molecule has 0 fully saturated rings. The number of nitro groups is 1. The number of para-hydroxylation sites is 1. The highest BCUT2D eigenvalue weighted by molar-refractivity contribution is 5.80. The van der Waals surface area contributed by atoms with Crippen molar-refractivity contribution < 1.29 is 4.92 Å². The average Bonchev–Trinajstić information content (AvgIpc) is 3.14. The molecule has 10 heteroatoms. The lowest BCUT2D eigenvalue weighted by Crippen LogP contribution is -2.20. The number of benzene rings is 1. The van der Waals surface area contributed by atoms with Crippen molar-refractivity contribution in [1.82, 2.24) is 28.9 Å². The van der Waals surface area contributed by atoms with Gasteiger partial charge in [0.15, 0.2) is 5.82 Å². The van der Waals surface area contributed by atoms with Gasteiger partial charge in [-0.1, -0.05) is 12.1 Å². The van der Waals surface area contributed by atoms with Gasteiger partial charge in [0.25, 0.3) is 5.56 Å². The van der Waals surface area contributed by atoms with E-state index in [2.05, 4.69) is 15.3 Å². The van der Waals surface area contributed by atoms with Gasteiger partial charge in [0.05, 0.1) is 15.8 Å². The zero-order valence-electron chi connectivity index (χ0n) is 14.4. The van der Waals surface area contributed by atoms with Crippen molar-refractivity contribution in [3.05, 3.63) is 61.9 Å². The Bertz CT molecular complexity index is 1250. The van der Waals surface area contributed by atoms with E-state index in [9.17, 15) is 14.9 Å². The lowest BCUT2D eigenvalue weighted by molar-refractivity contribution is -0.386. The van der Waals surface area contributed by atoms with Crippen LogP contribution in [0.4, 0.5) is 5.69 Å². The van der Waals surface area contributed by atoms with E-state index in [4.69, 9.17) is 0 Å². The van der Waals surface area contributed by atoms with Gasteiger partial charge in [-0.3, -0.25) is 28.6 Å². The third-order valence-electron chi connectivity index (χ3n) is 4.51. The van der Waals surface area contributed by atoms with Crippen LogP contribution in [0.2, 0.25) is 0 Å². The third kappa shape index (κ3) is 2.11. The van der Waals surface area contributed by atoms with E-state index in [1.807, 2.05) is 12.1 Å². The maximum Gasteiger partial charge on any atom is 0.312 e. The molecule has 0 spiro atoms. The summed E-state index contributed by atoms with van der Waals surface area (Å²) in [7, 11) is 1.64. The lowest BCUT2D eigenvalue weighted by Gasteiger charge is -2.08. The Morgan fingerprint density at radius 1 is 1.19 bits per heavy atom. The van der Waals surface area contributed by atoms with Gasteiger partial charge in [-0.2, -0.15) is 5.10 Å². The number of hydrogen-bond donors (Lipinski definition) is 0. The molecule has 132 valence electrons. The summed E-state index contributed by atoms with van der Waals surface area (Å²) >= 11 is 0. The van der Waals surface area contributed by atoms with Gasteiger partial charge in [0, 0.05) is 7.05 Å². The topological polar surface area (TPSA) is 113 Å². The van der Waals surface area contributed by atoms with Crippen LogP contribution >= 0.6 is 0 Å². The summed E-state index contributed by atoms with van der Waals surface area (Å²) in [5, 5.41) is 24.3. The molecule has 0 aliphatic heterocycles. The van der Waals surface area contributed by atoms with E-state index in [1.165, 1.54) is 9.25 Å². The van der Waals surface area contributed by atoms with Crippen molar-refractivity contribution in [3.8, 4) is 0 Å². The van der Waals surface area contributed by atoms with Crippen LogP contribution in [-0.4, -0.2) is 33.9 Å². The molecule has 0 aliphatic carbocycles. The predicted octanol–water partition coefficient (Wildman–Crippen LogP) is 1.35. The second kappa shape index (κ2) is 5.48. The molecule has 3 heterocycles. The standard InChI is InChI=1S/C16H15N7O3/c1-9-14(23(25)26)10(2)21(19-9)8-13-17-18-16-20(3)15(24)11-6-4-5-7-12(11)22(13)16/h4-7H,8H2,1-3H3.